The maximum absolute atomic E-state index is 12.4. The van der Waals surface area contributed by atoms with Gasteiger partial charge in [-0.25, -0.2) is 4.79 Å². The summed E-state index contributed by atoms with van der Waals surface area (Å²) in [7, 11) is 0. The molecule has 0 saturated heterocycles. The van der Waals surface area contributed by atoms with Gasteiger partial charge in [-0.15, -0.1) is 0 Å². The van der Waals surface area contributed by atoms with Gasteiger partial charge in [-0.1, -0.05) is 41.5 Å². The number of rotatable bonds is 5. The highest BCUT2D eigenvalue weighted by atomic mass is 16.4. The fraction of sp³-hybridized carbons (Fsp3) is 0.263. The van der Waals surface area contributed by atoms with E-state index in [0.717, 1.165) is 22.3 Å². The van der Waals surface area contributed by atoms with Crippen molar-refractivity contribution in [3.63, 3.8) is 0 Å². The Balaban J connectivity index is 2.18. The number of carboxylic acids is 1. The number of carbonyl (C=O) groups is 2. The molecule has 0 aliphatic rings. The van der Waals surface area contributed by atoms with Crippen LogP contribution in [0.25, 0.3) is 0 Å². The van der Waals surface area contributed by atoms with E-state index in [9.17, 15) is 14.7 Å². The Kier molecular flexibility index (Phi) is 5.16. The third-order valence-corrected chi connectivity index (χ3v) is 3.77. The molecule has 2 N–H and O–H groups in total. The van der Waals surface area contributed by atoms with Crippen molar-refractivity contribution in [2.45, 2.75) is 33.2 Å². The highest BCUT2D eigenvalue weighted by Crippen LogP contribution is 2.12. The van der Waals surface area contributed by atoms with Gasteiger partial charge in [0.1, 0.15) is 6.04 Å². The monoisotopic (exact) mass is 311 g/mol. The largest absolute Gasteiger partial charge is 0.480 e. The van der Waals surface area contributed by atoms with Gasteiger partial charge in [-0.2, -0.15) is 0 Å². The lowest BCUT2D eigenvalue weighted by Gasteiger charge is -2.16. The molecule has 2 aromatic rings. The average molecular weight is 311 g/mol. The zero-order valence-electron chi connectivity index (χ0n) is 13.6. The van der Waals surface area contributed by atoms with E-state index in [0.29, 0.717) is 5.56 Å². The lowest BCUT2D eigenvalue weighted by Crippen LogP contribution is -2.42. The van der Waals surface area contributed by atoms with E-state index in [1.54, 1.807) is 12.1 Å². The van der Waals surface area contributed by atoms with Gasteiger partial charge in [0, 0.05) is 12.0 Å². The molecular formula is C19H21NO3. The Morgan fingerprint density at radius 3 is 2.22 bits per heavy atom. The van der Waals surface area contributed by atoms with Crippen LogP contribution in [0.5, 0.6) is 0 Å². The Morgan fingerprint density at radius 2 is 1.65 bits per heavy atom. The molecule has 0 unspecified atom stereocenters. The minimum absolute atomic E-state index is 0.262. The molecule has 0 aliphatic heterocycles. The molecule has 1 atom stereocenters. The number of benzene rings is 2. The van der Waals surface area contributed by atoms with Crippen LogP contribution in [0.2, 0.25) is 0 Å². The van der Waals surface area contributed by atoms with Crippen molar-refractivity contribution in [2.24, 2.45) is 0 Å². The minimum Gasteiger partial charge on any atom is -0.480 e. The van der Waals surface area contributed by atoms with Gasteiger partial charge in [0.15, 0.2) is 0 Å². The van der Waals surface area contributed by atoms with E-state index in [2.05, 4.69) is 5.32 Å². The molecule has 0 spiro atoms. The second kappa shape index (κ2) is 7.09. The third-order valence-electron chi connectivity index (χ3n) is 3.77. The lowest BCUT2D eigenvalue weighted by molar-refractivity contribution is -0.139. The molecule has 0 radical (unpaired) electrons. The Labute approximate surface area is 136 Å². The molecule has 2 aromatic carbocycles. The molecule has 2 rings (SSSR count). The molecule has 0 fully saturated rings. The van der Waals surface area contributed by atoms with Gasteiger partial charge < -0.3 is 10.4 Å². The summed E-state index contributed by atoms with van der Waals surface area (Å²) in [6.45, 7) is 5.75. The number of hydrogen-bond acceptors (Lipinski definition) is 2. The van der Waals surface area contributed by atoms with Crippen molar-refractivity contribution in [1.29, 1.82) is 0 Å². The maximum atomic E-state index is 12.4. The molecule has 1 amide bonds. The summed E-state index contributed by atoms with van der Waals surface area (Å²) < 4.78 is 0. The van der Waals surface area contributed by atoms with Crippen molar-refractivity contribution in [3.8, 4) is 0 Å². The van der Waals surface area contributed by atoms with Crippen molar-refractivity contribution in [1.82, 2.24) is 5.32 Å². The fourth-order valence-corrected chi connectivity index (χ4v) is 2.61. The zero-order chi connectivity index (χ0) is 17.0. The van der Waals surface area contributed by atoms with Crippen molar-refractivity contribution in [3.05, 3.63) is 70.3 Å². The van der Waals surface area contributed by atoms with E-state index in [-0.39, 0.29) is 12.3 Å². The van der Waals surface area contributed by atoms with Crippen LogP contribution in [0.15, 0.2) is 42.5 Å². The van der Waals surface area contributed by atoms with Gasteiger partial charge in [0.05, 0.1) is 0 Å². The first kappa shape index (κ1) is 16.7. The first-order valence-electron chi connectivity index (χ1n) is 7.53. The summed E-state index contributed by atoms with van der Waals surface area (Å²) in [5, 5.41) is 12.0. The Hall–Kier alpha value is -2.62. The van der Waals surface area contributed by atoms with Crippen LogP contribution >= 0.6 is 0 Å². The molecule has 0 heterocycles. The number of nitrogens with one attached hydrogen (secondary N) is 1. The SMILES string of the molecule is Cc1cc(C)cc(C(=O)N[C@@H](Cc2ccccc2C)C(=O)O)c1. The molecule has 4 heteroatoms. The zero-order valence-corrected chi connectivity index (χ0v) is 13.6. The second-order valence-electron chi connectivity index (χ2n) is 5.87. The van der Waals surface area contributed by atoms with E-state index >= 15 is 0 Å². The maximum Gasteiger partial charge on any atom is 0.326 e. The summed E-state index contributed by atoms with van der Waals surface area (Å²) in [6, 6.07) is 12.1. The predicted octanol–water partition coefficient (Wildman–Crippen LogP) is 3.04. The third kappa shape index (κ3) is 4.42. The molecule has 0 saturated carbocycles. The van der Waals surface area contributed by atoms with Gasteiger partial charge >= 0.3 is 5.97 Å². The smallest absolute Gasteiger partial charge is 0.326 e. The first-order chi connectivity index (χ1) is 10.9. The minimum atomic E-state index is -1.04. The first-order valence-corrected chi connectivity index (χ1v) is 7.53. The van der Waals surface area contributed by atoms with Gasteiger partial charge in [-0.05, 0) is 44.0 Å². The lowest BCUT2D eigenvalue weighted by atomic mass is 10.0. The van der Waals surface area contributed by atoms with E-state index in [1.807, 2.05) is 51.1 Å². The van der Waals surface area contributed by atoms with Crippen LogP contribution in [-0.4, -0.2) is 23.0 Å². The van der Waals surface area contributed by atoms with Crippen molar-refractivity contribution in [2.75, 3.05) is 0 Å². The van der Waals surface area contributed by atoms with Crippen LogP contribution in [0.4, 0.5) is 0 Å². The second-order valence-corrected chi connectivity index (χ2v) is 5.87. The molecule has 4 nitrogen and oxygen atoms in total. The number of amides is 1. The molecule has 0 bridgehead atoms. The normalized spacial score (nSPS) is 11.8. The molecule has 120 valence electrons. The highest BCUT2D eigenvalue weighted by Gasteiger charge is 2.22. The predicted molar refractivity (Wildman–Crippen MR) is 89.7 cm³/mol. The Morgan fingerprint density at radius 1 is 1.04 bits per heavy atom. The van der Waals surface area contributed by atoms with Crippen LogP contribution in [0.1, 0.15) is 32.6 Å². The van der Waals surface area contributed by atoms with Gasteiger partial charge in [0.25, 0.3) is 5.91 Å². The van der Waals surface area contributed by atoms with Crippen LogP contribution in [0, 0.1) is 20.8 Å². The van der Waals surface area contributed by atoms with Crippen molar-refractivity contribution < 1.29 is 14.7 Å². The van der Waals surface area contributed by atoms with Crippen molar-refractivity contribution >= 4 is 11.9 Å². The number of aryl methyl sites for hydroxylation is 3. The molecule has 23 heavy (non-hydrogen) atoms. The molecule has 0 aromatic heterocycles. The fourth-order valence-electron chi connectivity index (χ4n) is 2.61. The van der Waals surface area contributed by atoms with Crippen LogP contribution in [-0.2, 0) is 11.2 Å². The summed E-state index contributed by atoms with van der Waals surface area (Å²) in [5.41, 5.74) is 4.36. The standard InChI is InChI=1S/C19H21NO3/c1-12-8-13(2)10-16(9-12)18(21)20-17(19(22)23)11-15-7-5-4-6-14(15)3/h4-10,17H,11H2,1-3H3,(H,20,21)(H,22,23)/t17-/m0/s1. The molecule has 0 aliphatic carbocycles. The summed E-state index contributed by atoms with van der Waals surface area (Å²) in [5.74, 6) is -1.40. The number of carbonyl (C=O) groups excluding carboxylic acids is 1. The van der Waals surface area contributed by atoms with Gasteiger partial charge in [0.2, 0.25) is 0 Å². The number of hydrogen-bond donors (Lipinski definition) is 2. The number of aliphatic carboxylic acids is 1. The molecular weight excluding hydrogens is 290 g/mol. The van der Waals surface area contributed by atoms with E-state index < -0.39 is 12.0 Å². The van der Waals surface area contributed by atoms with Gasteiger partial charge in [-0.3, -0.25) is 4.79 Å². The summed E-state index contributed by atoms with van der Waals surface area (Å²) in [6.07, 6.45) is 0.262. The highest BCUT2D eigenvalue weighted by molar-refractivity contribution is 5.97. The van der Waals surface area contributed by atoms with Crippen LogP contribution in [0.3, 0.4) is 0 Å². The van der Waals surface area contributed by atoms with Crippen LogP contribution < -0.4 is 5.32 Å². The quantitative estimate of drug-likeness (QED) is 0.892. The number of carboxylic acid groups (broad SMARTS) is 1. The summed E-state index contributed by atoms with van der Waals surface area (Å²) >= 11 is 0. The topological polar surface area (TPSA) is 66.4 Å². The van der Waals surface area contributed by atoms with E-state index in [1.165, 1.54) is 0 Å². The Bertz CT molecular complexity index is 717. The van der Waals surface area contributed by atoms with E-state index in [4.69, 9.17) is 0 Å². The summed E-state index contributed by atoms with van der Waals surface area (Å²) in [4.78, 5) is 23.9. The average Bonchev–Trinajstić information content (AvgIpc) is 2.47.